The van der Waals surface area contributed by atoms with Crippen LogP contribution in [0.5, 0.6) is 0 Å². The summed E-state index contributed by atoms with van der Waals surface area (Å²) >= 11 is 0. The van der Waals surface area contributed by atoms with Gasteiger partial charge in [-0.1, -0.05) is 30.7 Å². The Morgan fingerprint density at radius 3 is 2.70 bits per heavy atom. The molecule has 1 unspecified atom stereocenters. The van der Waals surface area contributed by atoms with Gasteiger partial charge >= 0.3 is 15.5 Å². The number of carbonyl (C=O) groups excluding carboxylic acids is 1. The fraction of sp³-hybridized carbons (Fsp3) is 0.407. The Morgan fingerprint density at radius 1 is 1.23 bits per heavy atom. The maximum atomic E-state index is 13.1. The molecular formula is C27H29F3N6O3S. The molecule has 1 amide bonds. The smallest absolute Gasteiger partial charge is 0.347 e. The Bertz CT molecular complexity index is 1660. The topological polar surface area (TPSA) is 109 Å². The van der Waals surface area contributed by atoms with Crippen molar-refractivity contribution in [1.82, 2.24) is 24.0 Å². The van der Waals surface area contributed by atoms with Crippen LogP contribution in [0.4, 0.5) is 13.2 Å². The molecule has 9 nitrogen and oxygen atoms in total. The van der Waals surface area contributed by atoms with E-state index in [1.807, 2.05) is 45.2 Å². The number of aromatic nitrogens is 3. The van der Waals surface area contributed by atoms with Crippen LogP contribution in [0.1, 0.15) is 58.2 Å². The van der Waals surface area contributed by atoms with E-state index < -0.39 is 15.5 Å². The number of aryl methyl sites for hydroxylation is 3. The molecule has 1 N–H and O–H groups in total. The van der Waals surface area contributed by atoms with Crippen LogP contribution in [0, 0.1) is 13.8 Å². The average molecular weight is 575 g/mol. The fourth-order valence-electron chi connectivity index (χ4n) is 5.16. The van der Waals surface area contributed by atoms with Crippen LogP contribution in [0.2, 0.25) is 0 Å². The molecule has 13 heteroatoms. The lowest BCUT2D eigenvalue weighted by atomic mass is 9.94. The summed E-state index contributed by atoms with van der Waals surface area (Å²) in [4.78, 5) is 26.6. The molecule has 2 aromatic heterocycles. The summed E-state index contributed by atoms with van der Waals surface area (Å²) in [5.41, 5.74) is 0.444. The zero-order valence-electron chi connectivity index (χ0n) is 22.3. The summed E-state index contributed by atoms with van der Waals surface area (Å²) in [7, 11) is -5.41. The van der Waals surface area contributed by atoms with E-state index in [1.165, 1.54) is 0 Å². The third kappa shape index (κ3) is 5.27. The van der Waals surface area contributed by atoms with Gasteiger partial charge in [0.15, 0.2) is 0 Å². The number of nitrogens with one attached hydrogen (secondary N) is 1. The molecule has 5 rings (SSSR count). The van der Waals surface area contributed by atoms with Crippen LogP contribution in [-0.4, -0.2) is 63.4 Å². The standard InChI is InChI=1S/C27H29F3N6O3S/c1-4-22-24(36-14-16(2)12-32-26(36)34-22)25(37)31-13-18-5-6-21(17(3)9-18)23-11-19-10-20(33-23)7-8-35(15-19)40(38,39)27(28,29)30/h5-6,9,11-12,14,20H,4,7-8,10,13,15H2,1-3H3,(H,31,37). The second-order valence-electron chi connectivity index (χ2n) is 10.1. The predicted molar refractivity (Wildman–Crippen MR) is 144 cm³/mol. The van der Waals surface area contributed by atoms with Crippen molar-refractivity contribution in [3.63, 3.8) is 0 Å². The number of aliphatic imine (C=N–C) groups is 1. The van der Waals surface area contributed by atoms with Gasteiger partial charge in [0.1, 0.15) is 5.69 Å². The fourth-order valence-corrected chi connectivity index (χ4v) is 6.14. The highest BCUT2D eigenvalue weighted by molar-refractivity contribution is 7.90. The number of allylic oxidation sites excluding steroid dienone is 1. The van der Waals surface area contributed by atoms with Crippen molar-refractivity contribution in [2.45, 2.75) is 58.1 Å². The lowest BCUT2D eigenvalue weighted by Crippen LogP contribution is -2.41. The Kier molecular flexibility index (Phi) is 7.29. The van der Waals surface area contributed by atoms with Gasteiger partial charge in [-0.3, -0.25) is 14.2 Å². The van der Waals surface area contributed by atoms with Gasteiger partial charge in [-0.25, -0.2) is 18.4 Å². The van der Waals surface area contributed by atoms with E-state index in [1.54, 1.807) is 16.7 Å². The highest BCUT2D eigenvalue weighted by Gasteiger charge is 2.50. The van der Waals surface area contributed by atoms with Crippen molar-refractivity contribution in [1.29, 1.82) is 0 Å². The molecule has 0 aliphatic carbocycles. The van der Waals surface area contributed by atoms with E-state index in [4.69, 9.17) is 4.99 Å². The van der Waals surface area contributed by atoms with Gasteiger partial charge in [0, 0.05) is 37.6 Å². The van der Waals surface area contributed by atoms with E-state index >= 15 is 0 Å². The quantitative estimate of drug-likeness (QED) is 0.481. The number of alkyl halides is 3. The molecule has 0 spiro atoms. The molecule has 2 aliphatic rings. The van der Waals surface area contributed by atoms with E-state index in [9.17, 15) is 26.4 Å². The normalized spacial score (nSPS) is 18.3. The van der Waals surface area contributed by atoms with Crippen molar-refractivity contribution >= 4 is 27.4 Å². The third-order valence-electron chi connectivity index (χ3n) is 7.13. The number of hydrogen-bond acceptors (Lipinski definition) is 6. The zero-order valence-corrected chi connectivity index (χ0v) is 23.1. The largest absolute Gasteiger partial charge is 0.511 e. The van der Waals surface area contributed by atoms with E-state index in [-0.39, 0.29) is 38.0 Å². The van der Waals surface area contributed by atoms with Crippen LogP contribution < -0.4 is 5.32 Å². The molecule has 1 aromatic carbocycles. The maximum Gasteiger partial charge on any atom is 0.511 e. The number of halogens is 3. The van der Waals surface area contributed by atoms with Gasteiger partial charge in [0.25, 0.3) is 5.91 Å². The van der Waals surface area contributed by atoms with Crippen molar-refractivity contribution < 1.29 is 26.4 Å². The van der Waals surface area contributed by atoms with E-state index in [0.29, 0.717) is 45.6 Å². The van der Waals surface area contributed by atoms with E-state index in [0.717, 1.165) is 22.3 Å². The van der Waals surface area contributed by atoms with Crippen LogP contribution in [0.15, 0.2) is 47.2 Å². The van der Waals surface area contributed by atoms with Gasteiger partial charge in [0.2, 0.25) is 5.78 Å². The molecule has 40 heavy (non-hydrogen) atoms. The lowest BCUT2D eigenvalue weighted by Gasteiger charge is -2.22. The molecule has 1 fully saturated rings. The first-order chi connectivity index (χ1) is 18.9. The number of benzene rings is 1. The highest BCUT2D eigenvalue weighted by atomic mass is 32.2. The first-order valence-electron chi connectivity index (χ1n) is 12.9. The van der Waals surface area contributed by atoms with Crippen molar-refractivity contribution in [3.8, 4) is 0 Å². The van der Waals surface area contributed by atoms with Crippen molar-refractivity contribution in [2.75, 3.05) is 13.1 Å². The molecule has 1 saturated heterocycles. The summed E-state index contributed by atoms with van der Waals surface area (Å²) in [6.07, 6.45) is 6.44. The lowest BCUT2D eigenvalue weighted by molar-refractivity contribution is -0.0486. The Labute approximate surface area is 229 Å². The monoisotopic (exact) mass is 574 g/mol. The number of amides is 1. The molecule has 2 bridgehead atoms. The van der Waals surface area contributed by atoms with Crippen LogP contribution in [0.3, 0.4) is 0 Å². The number of sulfonamides is 1. The maximum absolute atomic E-state index is 13.1. The van der Waals surface area contributed by atoms with Crippen molar-refractivity contribution in [2.24, 2.45) is 4.99 Å². The summed E-state index contributed by atoms with van der Waals surface area (Å²) in [6.45, 7) is 5.45. The number of rotatable bonds is 6. The molecule has 2 aliphatic heterocycles. The number of imidazole rings is 1. The number of carbonyl (C=O) groups is 1. The summed E-state index contributed by atoms with van der Waals surface area (Å²) in [6, 6.07) is 5.37. The molecule has 212 valence electrons. The predicted octanol–water partition coefficient (Wildman–Crippen LogP) is 3.88. The number of nitrogens with zero attached hydrogens (tertiary/aromatic N) is 5. The summed E-state index contributed by atoms with van der Waals surface area (Å²) < 4.78 is 65.6. The van der Waals surface area contributed by atoms with Gasteiger partial charge in [0.05, 0.1) is 17.4 Å². The number of hydrogen-bond donors (Lipinski definition) is 1. The Balaban J connectivity index is 1.33. The average Bonchev–Trinajstić information content (AvgIpc) is 3.18. The SMILES string of the molecule is CCc1nc2ncc(C)cn2c1C(=O)NCc1ccc(C2=NC3CCN(S(=O)(=O)C(F)(F)F)CC(=C2)C3)c(C)c1. The van der Waals surface area contributed by atoms with E-state index in [2.05, 4.69) is 15.3 Å². The first-order valence-corrected chi connectivity index (χ1v) is 14.4. The zero-order chi connectivity index (χ0) is 28.8. The second kappa shape index (κ2) is 10.4. The number of fused-ring (bicyclic) bond motifs is 3. The van der Waals surface area contributed by atoms with Crippen LogP contribution in [-0.2, 0) is 23.0 Å². The summed E-state index contributed by atoms with van der Waals surface area (Å²) in [5.74, 6) is 0.206. The molecule has 0 radical (unpaired) electrons. The third-order valence-corrected chi connectivity index (χ3v) is 8.71. The minimum atomic E-state index is -5.41. The Hall–Kier alpha value is -3.58. The summed E-state index contributed by atoms with van der Waals surface area (Å²) in [5, 5.41) is 2.96. The molecule has 0 saturated carbocycles. The minimum Gasteiger partial charge on any atom is -0.347 e. The molecular weight excluding hydrogens is 545 g/mol. The highest BCUT2D eigenvalue weighted by Crippen LogP contribution is 2.32. The van der Waals surface area contributed by atoms with Gasteiger partial charge in [-0.15, -0.1) is 0 Å². The van der Waals surface area contributed by atoms with Crippen LogP contribution in [0.25, 0.3) is 5.78 Å². The first kappa shape index (κ1) is 28.0. The van der Waals surface area contributed by atoms with Crippen molar-refractivity contribution in [3.05, 3.63) is 75.9 Å². The van der Waals surface area contributed by atoms with Gasteiger partial charge < -0.3 is 5.32 Å². The van der Waals surface area contributed by atoms with Gasteiger partial charge in [-0.2, -0.15) is 17.5 Å². The number of dihydropyridines is 1. The Morgan fingerprint density at radius 2 is 2.00 bits per heavy atom. The van der Waals surface area contributed by atoms with Crippen LogP contribution >= 0.6 is 0 Å². The second-order valence-corrected chi connectivity index (χ2v) is 12.1. The molecule has 1 atom stereocenters. The minimum absolute atomic E-state index is 0.206. The molecule has 3 aromatic rings. The van der Waals surface area contributed by atoms with Gasteiger partial charge in [-0.05, 0) is 55.9 Å². The molecule has 4 heterocycles.